The highest BCUT2D eigenvalue weighted by molar-refractivity contribution is 6.33. The lowest BCUT2D eigenvalue weighted by Crippen LogP contribution is -2.16. The van der Waals surface area contributed by atoms with Gasteiger partial charge in [0.05, 0.1) is 4.92 Å². The van der Waals surface area contributed by atoms with E-state index in [-0.39, 0.29) is 22.4 Å². The van der Waals surface area contributed by atoms with E-state index in [0.29, 0.717) is 0 Å². The molecule has 5 nitrogen and oxygen atoms in total. The SMILES string of the molecule is O=C(OC1CCCC1)c1cccc(Cl)c1[N+](=O)[O-]. The number of esters is 1. The van der Waals surface area contributed by atoms with Crippen molar-refractivity contribution in [3.8, 4) is 0 Å². The molecule has 1 aromatic rings. The summed E-state index contributed by atoms with van der Waals surface area (Å²) < 4.78 is 5.24. The molecule has 0 atom stereocenters. The monoisotopic (exact) mass is 269 g/mol. The summed E-state index contributed by atoms with van der Waals surface area (Å²) in [6.45, 7) is 0. The zero-order valence-electron chi connectivity index (χ0n) is 9.60. The van der Waals surface area contributed by atoms with Gasteiger partial charge in [-0.2, -0.15) is 0 Å². The molecule has 1 aliphatic rings. The standard InChI is InChI=1S/C12H12ClNO4/c13-10-7-3-6-9(11(10)14(16)17)12(15)18-8-4-1-2-5-8/h3,6-8H,1-2,4-5H2. The van der Waals surface area contributed by atoms with Crippen molar-refractivity contribution >= 4 is 23.3 Å². The third-order valence-electron chi connectivity index (χ3n) is 2.97. The van der Waals surface area contributed by atoms with Crippen molar-refractivity contribution < 1.29 is 14.5 Å². The van der Waals surface area contributed by atoms with Gasteiger partial charge in [0.2, 0.25) is 0 Å². The Balaban J connectivity index is 2.24. The van der Waals surface area contributed by atoms with Crippen LogP contribution in [-0.4, -0.2) is 17.0 Å². The third-order valence-corrected chi connectivity index (χ3v) is 3.27. The van der Waals surface area contributed by atoms with Gasteiger partial charge >= 0.3 is 11.7 Å². The number of nitro benzene ring substituents is 1. The number of hydrogen-bond donors (Lipinski definition) is 0. The Kier molecular flexibility index (Phi) is 3.81. The first-order valence-electron chi connectivity index (χ1n) is 5.73. The van der Waals surface area contributed by atoms with E-state index >= 15 is 0 Å². The van der Waals surface area contributed by atoms with Crippen molar-refractivity contribution in [3.05, 3.63) is 38.9 Å². The number of halogens is 1. The van der Waals surface area contributed by atoms with E-state index in [2.05, 4.69) is 0 Å². The molecule has 6 heteroatoms. The van der Waals surface area contributed by atoms with Gasteiger partial charge in [-0.1, -0.05) is 17.7 Å². The second kappa shape index (κ2) is 5.35. The number of ether oxygens (including phenoxy) is 1. The van der Waals surface area contributed by atoms with Crippen molar-refractivity contribution in [2.45, 2.75) is 31.8 Å². The van der Waals surface area contributed by atoms with Gasteiger partial charge in [-0.3, -0.25) is 10.1 Å². The predicted molar refractivity (Wildman–Crippen MR) is 65.8 cm³/mol. The number of rotatable bonds is 3. The smallest absolute Gasteiger partial charge is 0.345 e. The molecule has 0 heterocycles. The van der Waals surface area contributed by atoms with Crippen LogP contribution >= 0.6 is 11.6 Å². The van der Waals surface area contributed by atoms with Crippen LogP contribution in [0.4, 0.5) is 5.69 Å². The van der Waals surface area contributed by atoms with Crippen LogP contribution in [0.15, 0.2) is 18.2 Å². The maximum Gasteiger partial charge on any atom is 0.345 e. The summed E-state index contributed by atoms with van der Waals surface area (Å²) in [6.07, 6.45) is 3.56. The molecule has 0 saturated heterocycles. The van der Waals surface area contributed by atoms with E-state index in [0.717, 1.165) is 25.7 Å². The molecule has 0 radical (unpaired) electrons. The summed E-state index contributed by atoms with van der Waals surface area (Å²) in [5, 5.41) is 10.8. The largest absolute Gasteiger partial charge is 0.459 e. The van der Waals surface area contributed by atoms with Crippen molar-refractivity contribution in [2.75, 3.05) is 0 Å². The Bertz CT molecular complexity index is 483. The number of nitrogens with zero attached hydrogens (tertiary/aromatic N) is 1. The van der Waals surface area contributed by atoms with Crippen molar-refractivity contribution in [1.29, 1.82) is 0 Å². The van der Waals surface area contributed by atoms with Crippen molar-refractivity contribution in [3.63, 3.8) is 0 Å². The summed E-state index contributed by atoms with van der Waals surface area (Å²) >= 11 is 5.74. The number of para-hydroxylation sites is 1. The van der Waals surface area contributed by atoms with Crippen molar-refractivity contribution in [1.82, 2.24) is 0 Å². The first kappa shape index (κ1) is 12.8. The summed E-state index contributed by atoms with van der Waals surface area (Å²) in [7, 11) is 0. The third kappa shape index (κ3) is 2.61. The van der Waals surface area contributed by atoms with Crippen LogP contribution in [0.25, 0.3) is 0 Å². The van der Waals surface area contributed by atoms with Crippen molar-refractivity contribution in [2.24, 2.45) is 0 Å². The summed E-state index contributed by atoms with van der Waals surface area (Å²) in [5.41, 5.74) is -0.471. The molecule has 1 saturated carbocycles. The molecular weight excluding hydrogens is 258 g/mol. The van der Waals surface area contributed by atoms with E-state index in [1.54, 1.807) is 0 Å². The van der Waals surface area contributed by atoms with Crippen LogP contribution in [0.2, 0.25) is 5.02 Å². The van der Waals surface area contributed by atoms with Gasteiger partial charge in [-0.05, 0) is 37.8 Å². The van der Waals surface area contributed by atoms with Gasteiger partial charge in [0.25, 0.3) is 0 Å². The first-order chi connectivity index (χ1) is 8.59. The summed E-state index contributed by atoms with van der Waals surface area (Å²) in [6, 6.07) is 4.24. The molecule has 1 fully saturated rings. The lowest BCUT2D eigenvalue weighted by atomic mass is 10.2. The van der Waals surface area contributed by atoms with E-state index in [1.165, 1.54) is 18.2 Å². The van der Waals surface area contributed by atoms with E-state index in [4.69, 9.17) is 16.3 Å². The minimum atomic E-state index is -0.670. The molecular formula is C12H12ClNO4. The maximum atomic E-state index is 11.9. The lowest BCUT2D eigenvalue weighted by molar-refractivity contribution is -0.385. The second-order valence-corrected chi connectivity index (χ2v) is 4.61. The highest BCUT2D eigenvalue weighted by atomic mass is 35.5. The molecule has 0 aromatic heterocycles. The van der Waals surface area contributed by atoms with Crippen LogP contribution in [0, 0.1) is 10.1 Å². The van der Waals surface area contributed by atoms with Gasteiger partial charge in [-0.15, -0.1) is 0 Å². The average Bonchev–Trinajstić information content (AvgIpc) is 2.80. The van der Waals surface area contributed by atoms with E-state index < -0.39 is 10.9 Å². The fraction of sp³-hybridized carbons (Fsp3) is 0.417. The zero-order chi connectivity index (χ0) is 13.1. The van der Waals surface area contributed by atoms with Gasteiger partial charge < -0.3 is 4.74 Å². The first-order valence-corrected chi connectivity index (χ1v) is 6.11. The quantitative estimate of drug-likeness (QED) is 0.479. The summed E-state index contributed by atoms with van der Waals surface area (Å²) in [4.78, 5) is 22.1. The highest BCUT2D eigenvalue weighted by Crippen LogP contribution is 2.30. The molecule has 0 bridgehead atoms. The number of hydrogen-bond acceptors (Lipinski definition) is 4. The topological polar surface area (TPSA) is 69.4 Å². The lowest BCUT2D eigenvalue weighted by Gasteiger charge is -2.11. The highest BCUT2D eigenvalue weighted by Gasteiger charge is 2.27. The second-order valence-electron chi connectivity index (χ2n) is 4.20. The molecule has 18 heavy (non-hydrogen) atoms. The van der Waals surface area contributed by atoms with Crippen LogP contribution in [0.3, 0.4) is 0 Å². The van der Waals surface area contributed by atoms with Gasteiger partial charge in [-0.25, -0.2) is 4.79 Å². The fourth-order valence-corrected chi connectivity index (χ4v) is 2.33. The van der Waals surface area contributed by atoms with Gasteiger partial charge in [0, 0.05) is 0 Å². The number of carbonyl (C=O) groups is 1. The molecule has 1 aliphatic carbocycles. The van der Waals surface area contributed by atoms with Crippen LogP contribution in [0.5, 0.6) is 0 Å². The van der Waals surface area contributed by atoms with Crippen LogP contribution in [0.1, 0.15) is 36.0 Å². The molecule has 0 spiro atoms. The molecule has 1 aromatic carbocycles. The normalized spacial score (nSPS) is 15.6. The zero-order valence-corrected chi connectivity index (χ0v) is 10.4. The molecule has 0 amide bonds. The Labute approximate surface area is 109 Å². The minimum absolute atomic E-state index is 0.0547. The molecule has 0 N–H and O–H groups in total. The van der Waals surface area contributed by atoms with Gasteiger partial charge in [0.1, 0.15) is 16.7 Å². The average molecular weight is 270 g/mol. The summed E-state index contributed by atoms with van der Waals surface area (Å²) in [5.74, 6) is -0.670. The Hall–Kier alpha value is -1.62. The number of nitro groups is 1. The molecule has 2 rings (SSSR count). The predicted octanol–water partition coefficient (Wildman–Crippen LogP) is 3.35. The molecule has 96 valence electrons. The Morgan fingerprint density at radius 3 is 2.67 bits per heavy atom. The Morgan fingerprint density at radius 1 is 1.39 bits per heavy atom. The van der Waals surface area contributed by atoms with Crippen LogP contribution < -0.4 is 0 Å². The van der Waals surface area contributed by atoms with Crippen LogP contribution in [-0.2, 0) is 4.74 Å². The molecule has 0 aliphatic heterocycles. The number of carbonyl (C=O) groups excluding carboxylic acids is 1. The number of benzene rings is 1. The Morgan fingerprint density at radius 2 is 2.06 bits per heavy atom. The maximum absolute atomic E-state index is 11.9. The minimum Gasteiger partial charge on any atom is -0.459 e. The van der Waals surface area contributed by atoms with E-state index in [9.17, 15) is 14.9 Å². The van der Waals surface area contributed by atoms with E-state index in [1.807, 2.05) is 0 Å². The molecule has 0 unspecified atom stereocenters. The fourth-order valence-electron chi connectivity index (χ4n) is 2.09. The van der Waals surface area contributed by atoms with Gasteiger partial charge in [0.15, 0.2) is 0 Å².